The second kappa shape index (κ2) is 4.90. The van der Waals surface area contributed by atoms with Crippen LogP contribution < -0.4 is 0 Å². The molecule has 1 aromatic rings. The van der Waals surface area contributed by atoms with Gasteiger partial charge in [0, 0.05) is 13.1 Å². The van der Waals surface area contributed by atoms with Crippen molar-refractivity contribution >= 4 is 33.2 Å². The smallest absolute Gasteiger partial charge is 0.244 e. The zero-order valence-electron chi connectivity index (χ0n) is 10.6. The summed E-state index contributed by atoms with van der Waals surface area (Å²) >= 11 is 11.8. The number of halogens is 2. The number of sulfonamides is 1. The summed E-state index contributed by atoms with van der Waals surface area (Å²) in [5.41, 5.74) is -0.960. The Morgan fingerprint density at radius 3 is 2.42 bits per heavy atom. The van der Waals surface area contributed by atoms with Crippen LogP contribution in [0.2, 0.25) is 10.0 Å². The molecule has 19 heavy (non-hydrogen) atoms. The van der Waals surface area contributed by atoms with E-state index >= 15 is 0 Å². The van der Waals surface area contributed by atoms with E-state index in [1.165, 1.54) is 22.5 Å². The van der Waals surface area contributed by atoms with Crippen molar-refractivity contribution in [1.82, 2.24) is 4.31 Å². The highest BCUT2D eigenvalue weighted by molar-refractivity contribution is 7.89. The molecule has 2 rings (SSSR count). The van der Waals surface area contributed by atoms with E-state index in [0.717, 1.165) is 0 Å². The average Bonchev–Trinajstić information content (AvgIpc) is 2.27. The average molecular weight is 324 g/mol. The molecule has 7 heteroatoms. The molecule has 0 aliphatic carbocycles. The Labute approximate surface area is 123 Å². The van der Waals surface area contributed by atoms with Crippen LogP contribution in [0.5, 0.6) is 0 Å². The lowest BCUT2D eigenvalue weighted by Crippen LogP contribution is -2.65. The van der Waals surface area contributed by atoms with Crippen LogP contribution in [0.25, 0.3) is 0 Å². The van der Waals surface area contributed by atoms with Crippen molar-refractivity contribution in [1.29, 1.82) is 0 Å². The van der Waals surface area contributed by atoms with Gasteiger partial charge in [0.05, 0.1) is 15.6 Å². The molecular formula is C12H15Cl2NO3S. The maximum atomic E-state index is 12.4. The number of benzene rings is 1. The van der Waals surface area contributed by atoms with Gasteiger partial charge in [-0.2, -0.15) is 4.31 Å². The fraction of sp³-hybridized carbons (Fsp3) is 0.500. The molecule has 0 spiro atoms. The molecule has 0 atom stereocenters. The molecule has 1 heterocycles. The fourth-order valence-electron chi connectivity index (χ4n) is 1.92. The molecule has 1 fully saturated rings. The number of rotatable bonds is 3. The minimum atomic E-state index is -3.70. The number of hydrogen-bond donors (Lipinski definition) is 1. The molecule has 1 aromatic carbocycles. The quantitative estimate of drug-likeness (QED) is 0.929. The number of aliphatic hydroxyl groups is 1. The summed E-state index contributed by atoms with van der Waals surface area (Å²) in [7, 11) is -3.70. The number of β-amino-alcohol motifs (C(OH)–C–C–N with tert-alkyl or cyclic N) is 1. The summed E-state index contributed by atoms with van der Waals surface area (Å²) in [4.78, 5) is -0.0209. The molecule has 0 radical (unpaired) electrons. The predicted octanol–water partition coefficient (Wildman–Crippen LogP) is 2.38. The molecule has 0 amide bonds. The lowest BCUT2D eigenvalue weighted by Gasteiger charge is -2.47. The van der Waals surface area contributed by atoms with Gasteiger partial charge < -0.3 is 5.11 Å². The van der Waals surface area contributed by atoms with Gasteiger partial charge in [0.25, 0.3) is 0 Å². The van der Waals surface area contributed by atoms with Crippen LogP contribution in [0, 0.1) is 5.92 Å². The van der Waals surface area contributed by atoms with Gasteiger partial charge in [-0.25, -0.2) is 8.42 Å². The standard InChI is InChI=1S/C12H15Cl2NO3S/c1-8(2)12(16)6-15(7-12)19(17,18)10-5-3-4-9(13)11(10)14/h3-5,8,16H,6-7H2,1-2H3. The Kier molecular flexibility index (Phi) is 3.88. The molecule has 1 saturated heterocycles. The molecule has 4 nitrogen and oxygen atoms in total. The van der Waals surface area contributed by atoms with E-state index in [1.807, 2.05) is 13.8 Å². The second-order valence-electron chi connectivity index (χ2n) is 5.08. The van der Waals surface area contributed by atoms with Crippen LogP contribution in [-0.4, -0.2) is 36.5 Å². The molecule has 1 aliphatic heterocycles. The van der Waals surface area contributed by atoms with E-state index in [4.69, 9.17) is 23.2 Å². The van der Waals surface area contributed by atoms with Gasteiger partial charge in [0.1, 0.15) is 4.90 Å². The van der Waals surface area contributed by atoms with Crippen molar-refractivity contribution in [2.75, 3.05) is 13.1 Å². The van der Waals surface area contributed by atoms with Gasteiger partial charge in [0.2, 0.25) is 10.0 Å². The lowest BCUT2D eigenvalue weighted by atomic mass is 9.85. The molecule has 1 aliphatic rings. The van der Waals surface area contributed by atoms with Gasteiger partial charge in [-0.05, 0) is 18.1 Å². The summed E-state index contributed by atoms with van der Waals surface area (Å²) < 4.78 is 26.0. The highest BCUT2D eigenvalue weighted by Crippen LogP contribution is 2.36. The Morgan fingerprint density at radius 2 is 1.89 bits per heavy atom. The Morgan fingerprint density at radius 1 is 1.32 bits per heavy atom. The third kappa shape index (κ3) is 2.50. The first-order valence-corrected chi connectivity index (χ1v) is 8.04. The molecule has 106 valence electrons. The normalized spacial score (nSPS) is 19.5. The van der Waals surface area contributed by atoms with Gasteiger partial charge in [0.15, 0.2) is 0 Å². The van der Waals surface area contributed by atoms with Crippen molar-refractivity contribution in [3.05, 3.63) is 28.2 Å². The molecule has 0 unspecified atom stereocenters. The van der Waals surface area contributed by atoms with E-state index in [0.29, 0.717) is 0 Å². The van der Waals surface area contributed by atoms with Crippen LogP contribution in [0.15, 0.2) is 23.1 Å². The van der Waals surface area contributed by atoms with Crippen LogP contribution in [0.3, 0.4) is 0 Å². The predicted molar refractivity (Wildman–Crippen MR) is 75.0 cm³/mol. The van der Waals surface area contributed by atoms with Gasteiger partial charge in [-0.3, -0.25) is 0 Å². The third-order valence-electron chi connectivity index (χ3n) is 3.51. The van der Waals surface area contributed by atoms with Gasteiger partial charge in [-0.15, -0.1) is 0 Å². The maximum Gasteiger partial charge on any atom is 0.244 e. The third-order valence-corrected chi connectivity index (χ3v) is 6.27. The highest BCUT2D eigenvalue weighted by Gasteiger charge is 2.49. The van der Waals surface area contributed by atoms with E-state index in [1.54, 1.807) is 0 Å². The largest absolute Gasteiger partial charge is 0.387 e. The SMILES string of the molecule is CC(C)C1(O)CN(S(=O)(=O)c2cccc(Cl)c2Cl)C1. The maximum absolute atomic E-state index is 12.4. The van der Waals surface area contributed by atoms with Gasteiger partial charge in [-0.1, -0.05) is 43.1 Å². The molecule has 1 N–H and O–H groups in total. The van der Waals surface area contributed by atoms with Crippen molar-refractivity contribution in [3.63, 3.8) is 0 Å². The first-order chi connectivity index (χ1) is 8.68. The molecule has 0 aromatic heterocycles. The van der Waals surface area contributed by atoms with E-state index in [2.05, 4.69) is 0 Å². The number of nitrogens with zero attached hydrogens (tertiary/aromatic N) is 1. The first kappa shape index (κ1) is 15.1. The topological polar surface area (TPSA) is 57.6 Å². The fourth-order valence-corrected chi connectivity index (χ4v) is 4.22. The zero-order valence-corrected chi connectivity index (χ0v) is 12.9. The first-order valence-electron chi connectivity index (χ1n) is 5.85. The van der Waals surface area contributed by atoms with Crippen molar-refractivity contribution in [2.45, 2.75) is 24.3 Å². The zero-order chi connectivity index (χ0) is 14.4. The number of hydrogen-bond acceptors (Lipinski definition) is 3. The minimum absolute atomic E-state index is 0.00576. The molecular weight excluding hydrogens is 309 g/mol. The summed E-state index contributed by atoms with van der Waals surface area (Å²) in [5.74, 6) is -0.00576. The Hall–Kier alpha value is -0.330. The van der Waals surface area contributed by atoms with E-state index in [-0.39, 0.29) is 33.9 Å². The van der Waals surface area contributed by atoms with Crippen molar-refractivity contribution in [3.8, 4) is 0 Å². The molecule has 0 saturated carbocycles. The summed E-state index contributed by atoms with van der Waals surface area (Å²) in [6, 6.07) is 4.48. The highest BCUT2D eigenvalue weighted by atomic mass is 35.5. The van der Waals surface area contributed by atoms with Crippen molar-refractivity contribution in [2.24, 2.45) is 5.92 Å². The van der Waals surface area contributed by atoms with E-state index in [9.17, 15) is 13.5 Å². The van der Waals surface area contributed by atoms with Crippen LogP contribution in [0.4, 0.5) is 0 Å². The van der Waals surface area contributed by atoms with Crippen LogP contribution in [-0.2, 0) is 10.0 Å². The van der Waals surface area contributed by atoms with Crippen molar-refractivity contribution < 1.29 is 13.5 Å². The summed E-state index contributed by atoms with van der Waals surface area (Å²) in [5, 5.41) is 10.3. The van der Waals surface area contributed by atoms with Gasteiger partial charge >= 0.3 is 0 Å². The summed E-state index contributed by atoms with van der Waals surface area (Å²) in [6.45, 7) is 3.87. The Balaban J connectivity index is 2.29. The minimum Gasteiger partial charge on any atom is -0.387 e. The monoisotopic (exact) mass is 323 g/mol. The van der Waals surface area contributed by atoms with Crippen LogP contribution >= 0.6 is 23.2 Å². The second-order valence-corrected chi connectivity index (χ2v) is 7.77. The molecule has 0 bridgehead atoms. The lowest BCUT2D eigenvalue weighted by molar-refractivity contribution is -0.0932. The van der Waals surface area contributed by atoms with Crippen LogP contribution in [0.1, 0.15) is 13.8 Å². The summed E-state index contributed by atoms with van der Waals surface area (Å²) in [6.07, 6.45) is 0. The Bertz CT molecular complexity index is 595. The van der Waals surface area contributed by atoms with E-state index < -0.39 is 15.6 Å².